The van der Waals surface area contributed by atoms with E-state index in [-0.39, 0.29) is 5.41 Å². The van der Waals surface area contributed by atoms with E-state index in [0.717, 1.165) is 37.8 Å². The molecule has 4 fully saturated rings. The number of fused-ring (bicyclic) bond motifs is 1. The van der Waals surface area contributed by atoms with Crippen LogP contribution in [-0.2, 0) is 4.74 Å². The van der Waals surface area contributed by atoms with Gasteiger partial charge in [-0.1, -0.05) is 43.7 Å². The molecule has 0 bridgehead atoms. The summed E-state index contributed by atoms with van der Waals surface area (Å²) in [5.41, 5.74) is 3.27. The minimum Gasteiger partial charge on any atom is -0.388 e. The van der Waals surface area contributed by atoms with Crippen LogP contribution in [0.2, 0.25) is 0 Å². The molecule has 0 aromatic rings. The zero-order chi connectivity index (χ0) is 24.7. The van der Waals surface area contributed by atoms with Crippen molar-refractivity contribution in [1.82, 2.24) is 4.90 Å². The first-order valence-corrected chi connectivity index (χ1v) is 12.9. The number of aliphatic hydroxyl groups excluding tert-OH is 2. The Bertz CT molecular complexity index is 806. The summed E-state index contributed by atoms with van der Waals surface area (Å²) in [6, 6.07) is 0. The number of likely N-dealkylation sites (tertiary alicyclic amines) is 1. The van der Waals surface area contributed by atoms with Crippen LogP contribution in [0.4, 0.5) is 13.2 Å². The van der Waals surface area contributed by atoms with Gasteiger partial charge in [0.2, 0.25) is 0 Å². The predicted octanol–water partition coefficient (Wildman–Crippen LogP) is 5.37. The van der Waals surface area contributed by atoms with Crippen LogP contribution in [0.1, 0.15) is 65.2 Å². The number of aliphatic hydroxyl groups is 2. The van der Waals surface area contributed by atoms with E-state index in [1.54, 1.807) is 0 Å². The van der Waals surface area contributed by atoms with E-state index in [4.69, 9.17) is 0 Å². The number of allylic oxidation sites excluding steroid dienone is 3. The highest BCUT2D eigenvalue weighted by Crippen LogP contribution is 2.59. The molecule has 1 unspecified atom stereocenters. The van der Waals surface area contributed by atoms with Crippen molar-refractivity contribution in [1.29, 1.82) is 0 Å². The van der Waals surface area contributed by atoms with E-state index in [9.17, 15) is 23.4 Å². The minimum atomic E-state index is -4.56. The largest absolute Gasteiger partial charge is 0.522 e. The Labute approximate surface area is 201 Å². The summed E-state index contributed by atoms with van der Waals surface area (Å²) in [4.78, 5) is 2.15. The molecular weight excluding hydrogens is 443 g/mol. The highest BCUT2D eigenvalue weighted by molar-refractivity contribution is 5.29. The lowest BCUT2D eigenvalue weighted by molar-refractivity contribution is -0.340. The quantitative estimate of drug-likeness (QED) is 0.516. The molecule has 7 heteroatoms. The van der Waals surface area contributed by atoms with Gasteiger partial charge in [0, 0.05) is 19.6 Å². The molecule has 0 aromatic carbocycles. The third-order valence-corrected chi connectivity index (χ3v) is 9.10. The molecule has 0 aromatic heterocycles. The second-order valence-corrected chi connectivity index (χ2v) is 11.4. The highest BCUT2D eigenvalue weighted by Gasteiger charge is 2.51. The van der Waals surface area contributed by atoms with E-state index in [1.165, 1.54) is 12.0 Å². The van der Waals surface area contributed by atoms with Crippen LogP contribution >= 0.6 is 0 Å². The lowest BCUT2D eigenvalue weighted by atomic mass is 9.61. The van der Waals surface area contributed by atoms with E-state index in [1.807, 2.05) is 0 Å². The van der Waals surface area contributed by atoms with Crippen molar-refractivity contribution in [3.05, 3.63) is 35.5 Å². The molecule has 1 saturated heterocycles. The third-order valence-electron chi connectivity index (χ3n) is 9.10. The second-order valence-electron chi connectivity index (χ2n) is 11.4. The Morgan fingerprint density at radius 3 is 2.56 bits per heavy atom. The molecule has 4 rings (SSSR count). The van der Waals surface area contributed by atoms with Gasteiger partial charge in [-0.25, -0.2) is 0 Å². The van der Waals surface area contributed by atoms with Gasteiger partial charge in [-0.15, -0.1) is 13.2 Å². The van der Waals surface area contributed by atoms with Crippen LogP contribution in [-0.4, -0.2) is 59.4 Å². The molecule has 192 valence electrons. The first-order valence-electron chi connectivity index (χ1n) is 12.9. The van der Waals surface area contributed by atoms with Crippen molar-refractivity contribution >= 4 is 0 Å². The number of alkyl halides is 3. The molecule has 1 aliphatic heterocycles. The van der Waals surface area contributed by atoms with Gasteiger partial charge >= 0.3 is 6.36 Å². The normalized spacial score (nSPS) is 40.8. The second kappa shape index (κ2) is 10.1. The van der Waals surface area contributed by atoms with E-state index < -0.39 is 24.7 Å². The van der Waals surface area contributed by atoms with Gasteiger partial charge in [-0.2, -0.15) is 0 Å². The van der Waals surface area contributed by atoms with Crippen molar-refractivity contribution < 1.29 is 28.1 Å². The van der Waals surface area contributed by atoms with Crippen LogP contribution < -0.4 is 0 Å². The predicted molar refractivity (Wildman–Crippen MR) is 126 cm³/mol. The van der Waals surface area contributed by atoms with Crippen LogP contribution in [0, 0.1) is 23.2 Å². The summed E-state index contributed by atoms with van der Waals surface area (Å²) in [6.07, 6.45) is 4.97. The standard InChI is InChI=1S/C27H40F3NO3/c1-17(15-31-12-10-21(16-31)34-27(28,29)30)22-8-9-23-20(5-4-11-26(22,23)3)7-6-19-13-24(32)18(2)25(33)14-19/h6-7,17,21-25,32-33H,2,4-5,8-16H2,1,3H3/b19-6?,20-7+/t17?,21-,22+,23-,24-,25+,26+/m0/s1. The topological polar surface area (TPSA) is 52.9 Å². The fraction of sp³-hybridized carbons (Fsp3) is 0.778. The highest BCUT2D eigenvalue weighted by atomic mass is 19.4. The Morgan fingerprint density at radius 2 is 1.88 bits per heavy atom. The van der Waals surface area contributed by atoms with Gasteiger partial charge in [-0.05, 0) is 80.1 Å². The molecule has 0 amide bonds. The first-order chi connectivity index (χ1) is 16.0. The monoisotopic (exact) mass is 483 g/mol. The lowest BCUT2D eigenvalue weighted by Crippen LogP contribution is -2.39. The number of ether oxygens (including phenoxy) is 1. The van der Waals surface area contributed by atoms with Gasteiger partial charge in [0.05, 0.1) is 18.3 Å². The van der Waals surface area contributed by atoms with E-state index in [2.05, 4.69) is 42.2 Å². The Morgan fingerprint density at radius 1 is 1.18 bits per heavy atom. The number of nitrogens with zero attached hydrogens (tertiary/aromatic N) is 1. The third kappa shape index (κ3) is 5.63. The molecule has 0 spiro atoms. The minimum absolute atomic E-state index is 0.212. The average molecular weight is 484 g/mol. The Hall–Kier alpha value is -1.15. The van der Waals surface area contributed by atoms with Crippen molar-refractivity contribution in [3.63, 3.8) is 0 Å². The van der Waals surface area contributed by atoms with Crippen molar-refractivity contribution in [2.24, 2.45) is 23.2 Å². The van der Waals surface area contributed by atoms with Gasteiger partial charge < -0.3 is 15.1 Å². The molecular formula is C27H40F3NO3. The molecule has 4 aliphatic rings. The molecule has 1 heterocycles. The van der Waals surface area contributed by atoms with Gasteiger partial charge in [0.15, 0.2) is 0 Å². The van der Waals surface area contributed by atoms with Gasteiger partial charge in [0.25, 0.3) is 0 Å². The first kappa shape index (κ1) is 25.9. The average Bonchev–Trinajstić information content (AvgIpc) is 3.32. The summed E-state index contributed by atoms with van der Waals surface area (Å²) < 4.78 is 42.0. The maximum Gasteiger partial charge on any atom is 0.522 e. The molecule has 3 saturated carbocycles. The summed E-state index contributed by atoms with van der Waals surface area (Å²) in [5.74, 6) is 1.50. The van der Waals surface area contributed by atoms with Crippen LogP contribution in [0.15, 0.2) is 35.5 Å². The van der Waals surface area contributed by atoms with Crippen molar-refractivity contribution in [3.8, 4) is 0 Å². The summed E-state index contributed by atoms with van der Waals surface area (Å²) in [7, 11) is 0. The molecule has 3 aliphatic carbocycles. The summed E-state index contributed by atoms with van der Waals surface area (Å²) >= 11 is 0. The van der Waals surface area contributed by atoms with Crippen LogP contribution in [0.25, 0.3) is 0 Å². The fourth-order valence-electron chi connectivity index (χ4n) is 7.42. The summed E-state index contributed by atoms with van der Waals surface area (Å²) in [6.45, 7) is 10.3. The van der Waals surface area contributed by atoms with Crippen molar-refractivity contribution in [2.75, 3.05) is 19.6 Å². The van der Waals surface area contributed by atoms with Crippen LogP contribution in [0.3, 0.4) is 0 Å². The van der Waals surface area contributed by atoms with E-state index >= 15 is 0 Å². The maximum absolute atomic E-state index is 12.6. The van der Waals surface area contributed by atoms with Gasteiger partial charge in [0.1, 0.15) is 0 Å². The fourth-order valence-corrected chi connectivity index (χ4v) is 7.42. The summed E-state index contributed by atoms with van der Waals surface area (Å²) in [5, 5.41) is 20.3. The lowest BCUT2D eigenvalue weighted by Gasteiger charge is -2.45. The SMILES string of the molecule is C=C1[C@H](O)CC(=C/C=C2\CCC[C@]3(C)[C@@H](C(C)CN4CC[C@H](OC(F)(F)F)C4)CC[C@@H]23)C[C@@H]1O. The number of halogens is 3. The van der Waals surface area contributed by atoms with Crippen molar-refractivity contribution in [2.45, 2.75) is 89.9 Å². The molecule has 34 heavy (non-hydrogen) atoms. The molecule has 0 radical (unpaired) electrons. The van der Waals surface area contributed by atoms with E-state index in [0.29, 0.717) is 55.7 Å². The van der Waals surface area contributed by atoms with Crippen LogP contribution in [0.5, 0.6) is 0 Å². The smallest absolute Gasteiger partial charge is 0.388 e. The zero-order valence-corrected chi connectivity index (χ0v) is 20.5. The Kier molecular flexibility index (Phi) is 7.68. The molecule has 4 nitrogen and oxygen atoms in total. The molecule has 7 atom stereocenters. The zero-order valence-electron chi connectivity index (χ0n) is 20.5. The number of rotatable bonds is 5. The molecule has 2 N–H and O–H groups in total. The Balaban J connectivity index is 1.39. The van der Waals surface area contributed by atoms with Gasteiger partial charge in [-0.3, -0.25) is 4.74 Å². The number of hydrogen-bond donors (Lipinski definition) is 2. The maximum atomic E-state index is 12.6. The number of hydrogen-bond acceptors (Lipinski definition) is 4.